The molecule has 1 fully saturated rings. The first-order valence-corrected chi connectivity index (χ1v) is 4.15. The third-order valence-electron chi connectivity index (χ3n) is 1.33. The fourth-order valence-electron chi connectivity index (χ4n) is 0.983. The smallest absolute Gasteiger partial charge is 0.0675 e. The molecule has 0 spiro atoms. The molecule has 0 bridgehead atoms. The second kappa shape index (κ2) is 5.69. The van der Waals surface area contributed by atoms with Crippen molar-refractivity contribution in [2.45, 2.75) is 39.9 Å². The van der Waals surface area contributed by atoms with Crippen molar-refractivity contribution in [2.24, 2.45) is 0 Å². The van der Waals surface area contributed by atoms with E-state index in [1.54, 1.807) is 0 Å². The molecule has 1 heterocycles. The first-order chi connectivity index (χ1) is 4.79. The quantitative estimate of drug-likeness (QED) is 0.556. The van der Waals surface area contributed by atoms with Crippen molar-refractivity contribution in [3.63, 3.8) is 0 Å². The van der Waals surface area contributed by atoms with Crippen LogP contribution in [0.4, 0.5) is 0 Å². The normalized spacial score (nSPS) is 32.4. The Bertz CT molecular complexity index is 67.7. The van der Waals surface area contributed by atoms with Gasteiger partial charge in [-0.25, -0.2) is 0 Å². The van der Waals surface area contributed by atoms with Gasteiger partial charge < -0.3 is 10.1 Å². The van der Waals surface area contributed by atoms with Crippen LogP contribution < -0.4 is 5.32 Å². The van der Waals surface area contributed by atoms with Crippen molar-refractivity contribution in [2.75, 3.05) is 13.1 Å². The molecule has 0 aromatic carbocycles. The molecule has 0 radical (unpaired) electrons. The van der Waals surface area contributed by atoms with Gasteiger partial charge in [-0.05, 0) is 13.8 Å². The summed E-state index contributed by atoms with van der Waals surface area (Å²) in [6.07, 6.45) is 0.803. The number of rotatable bonds is 0. The Kier molecular flexibility index (Phi) is 5.64. The van der Waals surface area contributed by atoms with E-state index in [9.17, 15) is 0 Å². The summed E-state index contributed by atoms with van der Waals surface area (Å²) in [7, 11) is 0. The Balaban J connectivity index is 0.000000371. The summed E-state index contributed by atoms with van der Waals surface area (Å²) in [5.74, 6) is 0. The van der Waals surface area contributed by atoms with Crippen molar-refractivity contribution in [3.05, 3.63) is 0 Å². The molecule has 2 nitrogen and oxygen atoms in total. The largest absolute Gasteiger partial charge is 0.373 e. The first kappa shape index (κ1) is 9.92. The summed E-state index contributed by atoms with van der Waals surface area (Å²) in [6.45, 7) is 10.2. The maximum Gasteiger partial charge on any atom is 0.0675 e. The van der Waals surface area contributed by atoms with Crippen LogP contribution in [0, 0.1) is 0 Å². The number of hydrogen-bond donors (Lipinski definition) is 1. The molecule has 1 rings (SSSR count). The number of hydrogen-bond acceptors (Lipinski definition) is 2. The number of morpholine rings is 1. The van der Waals surface area contributed by atoms with Gasteiger partial charge in [-0.15, -0.1) is 0 Å². The average Bonchev–Trinajstić information content (AvgIpc) is 1.91. The van der Waals surface area contributed by atoms with Crippen LogP contribution in [0.1, 0.15) is 27.7 Å². The summed E-state index contributed by atoms with van der Waals surface area (Å²) in [5, 5.41) is 3.26. The van der Waals surface area contributed by atoms with Crippen molar-refractivity contribution in [1.82, 2.24) is 5.32 Å². The fraction of sp³-hybridized carbons (Fsp3) is 1.00. The van der Waals surface area contributed by atoms with Gasteiger partial charge in [0.2, 0.25) is 0 Å². The minimum absolute atomic E-state index is 0.402. The van der Waals surface area contributed by atoms with E-state index in [0.29, 0.717) is 12.2 Å². The maximum atomic E-state index is 5.42. The predicted octanol–water partition coefficient (Wildman–Crippen LogP) is 1.41. The Morgan fingerprint density at radius 3 is 1.70 bits per heavy atom. The zero-order chi connectivity index (χ0) is 7.98. The van der Waals surface area contributed by atoms with Gasteiger partial charge in [0.05, 0.1) is 12.2 Å². The van der Waals surface area contributed by atoms with Crippen LogP contribution >= 0.6 is 0 Å². The molecule has 1 saturated heterocycles. The summed E-state index contributed by atoms with van der Waals surface area (Å²) in [4.78, 5) is 0. The lowest BCUT2D eigenvalue weighted by atomic mass is 10.3. The molecular formula is C8H19NO. The highest BCUT2D eigenvalue weighted by Gasteiger charge is 2.12. The van der Waals surface area contributed by atoms with Crippen LogP contribution in [-0.2, 0) is 4.74 Å². The van der Waals surface area contributed by atoms with Gasteiger partial charge in [-0.1, -0.05) is 13.8 Å². The molecule has 0 aliphatic carbocycles. The van der Waals surface area contributed by atoms with Crippen LogP contribution in [0.2, 0.25) is 0 Å². The summed E-state index contributed by atoms with van der Waals surface area (Å²) in [6, 6.07) is 0. The summed E-state index contributed by atoms with van der Waals surface area (Å²) < 4.78 is 5.42. The summed E-state index contributed by atoms with van der Waals surface area (Å²) >= 11 is 0. The van der Waals surface area contributed by atoms with Crippen molar-refractivity contribution in [1.29, 1.82) is 0 Å². The highest BCUT2D eigenvalue weighted by atomic mass is 16.5. The maximum absolute atomic E-state index is 5.42. The molecular weight excluding hydrogens is 126 g/mol. The van der Waals surface area contributed by atoms with Gasteiger partial charge in [-0.2, -0.15) is 0 Å². The monoisotopic (exact) mass is 145 g/mol. The van der Waals surface area contributed by atoms with Crippen LogP contribution in [0.25, 0.3) is 0 Å². The first-order valence-electron chi connectivity index (χ1n) is 4.15. The highest BCUT2D eigenvalue weighted by molar-refractivity contribution is 4.66. The lowest BCUT2D eigenvalue weighted by molar-refractivity contribution is -0.0166. The molecule has 1 unspecified atom stereocenters. The molecule has 1 aliphatic rings. The van der Waals surface area contributed by atoms with E-state index in [-0.39, 0.29) is 0 Å². The minimum atomic E-state index is 0.402. The molecule has 2 atom stereocenters. The third kappa shape index (κ3) is 3.85. The van der Waals surface area contributed by atoms with E-state index in [2.05, 4.69) is 19.2 Å². The SMILES string of the molecule is CC.CC1CNC[C@@H](C)O1. The molecule has 62 valence electrons. The third-order valence-corrected chi connectivity index (χ3v) is 1.33. The van der Waals surface area contributed by atoms with Crippen LogP contribution in [0.5, 0.6) is 0 Å². The second-order valence-electron chi connectivity index (χ2n) is 2.42. The lowest BCUT2D eigenvalue weighted by Gasteiger charge is -2.25. The molecule has 10 heavy (non-hydrogen) atoms. The van der Waals surface area contributed by atoms with E-state index in [0.717, 1.165) is 13.1 Å². The Morgan fingerprint density at radius 1 is 1.10 bits per heavy atom. The van der Waals surface area contributed by atoms with E-state index >= 15 is 0 Å². The molecule has 1 aliphatic heterocycles. The van der Waals surface area contributed by atoms with Gasteiger partial charge in [0.1, 0.15) is 0 Å². The Hall–Kier alpha value is -0.0800. The summed E-state index contributed by atoms with van der Waals surface area (Å²) in [5.41, 5.74) is 0. The standard InChI is InChI=1S/C6H13NO.C2H6/c1-5-3-7-4-6(2)8-5;1-2/h5-7H,3-4H2,1-2H3;1-2H3/t5-,6?;/m1./s1. The second-order valence-corrected chi connectivity index (χ2v) is 2.42. The molecule has 1 N–H and O–H groups in total. The van der Waals surface area contributed by atoms with Crippen LogP contribution in [0.3, 0.4) is 0 Å². The Labute approximate surface area is 64.0 Å². The van der Waals surface area contributed by atoms with Crippen molar-refractivity contribution >= 4 is 0 Å². The Morgan fingerprint density at radius 2 is 1.50 bits per heavy atom. The molecule has 0 saturated carbocycles. The van der Waals surface area contributed by atoms with Gasteiger partial charge in [0.15, 0.2) is 0 Å². The topological polar surface area (TPSA) is 21.3 Å². The van der Waals surface area contributed by atoms with Crippen LogP contribution in [-0.4, -0.2) is 25.3 Å². The van der Waals surface area contributed by atoms with Crippen molar-refractivity contribution < 1.29 is 4.74 Å². The molecule has 2 heteroatoms. The molecule has 0 amide bonds. The van der Waals surface area contributed by atoms with E-state index in [1.807, 2.05) is 13.8 Å². The zero-order valence-electron chi connectivity index (χ0n) is 7.48. The molecule has 0 aromatic rings. The average molecular weight is 145 g/mol. The van der Waals surface area contributed by atoms with E-state index in [4.69, 9.17) is 4.74 Å². The van der Waals surface area contributed by atoms with Crippen LogP contribution in [0.15, 0.2) is 0 Å². The van der Waals surface area contributed by atoms with Gasteiger partial charge in [-0.3, -0.25) is 0 Å². The van der Waals surface area contributed by atoms with Gasteiger partial charge in [0.25, 0.3) is 0 Å². The fourth-order valence-corrected chi connectivity index (χ4v) is 0.983. The highest BCUT2D eigenvalue weighted by Crippen LogP contribution is 2.00. The van der Waals surface area contributed by atoms with Gasteiger partial charge in [0, 0.05) is 13.1 Å². The zero-order valence-corrected chi connectivity index (χ0v) is 7.48. The number of ether oxygens (including phenoxy) is 1. The van der Waals surface area contributed by atoms with Gasteiger partial charge >= 0.3 is 0 Å². The molecule has 0 aromatic heterocycles. The van der Waals surface area contributed by atoms with E-state index in [1.165, 1.54) is 0 Å². The van der Waals surface area contributed by atoms with E-state index < -0.39 is 0 Å². The van der Waals surface area contributed by atoms with Crippen molar-refractivity contribution in [3.8, 4) is 0 Å². The minimum Gasteiger partial charge on any atom is -0.373 e. The number of nitrogens with one attached hydrogen (secondary N) is 1. The predicted molar refractivity (Wildman–Crippen MR) is 44.2 cm³/mol. The lowest BCUT2D eigenvalue weighted by Crippen LogP contribution is -2.41.